The molecule has 1 aliphatic heterocycles. The van der Waals surface area contributed by atoms with Crippen LogP contribution in [0.2, 0.25) is 0 Å². The average Bonchev–Trinajstić information content (AvgIpc) is 3.78. The molecule has 2 aliphatic rings. The normalized spacial score (nSPS) is 16.2. The minimum atomic E-state index is -0.930. The van der Waals surface area contributed by atoms with Gasteiger partial charge in [-0.1, -0.05) is 25.0 Å². The standard InChI is InChI=1S/C32H32N4O4S2/c1-18-30(41-19(2)33-18)24-10-7-21-15-22(8-9-23(21)34-24)29-28(20-5-3-4-6-20)31-25(16-26(42-31)32(38)39)36(29)17-27(37)35-11-13-40-14-12-35/h7-10,15-16,20H,3-6,11-14,17H2,1-2H3,(H,38,39). The summed E-state index contributed by atoms with van der Waals surface area (Å²) in [6.07, 6.45) is 4.44. The lowest BCUT2D eigenvalue weighted by molar-refractivity contribution is -0.135. The molecule has 10 heteroatoms. The molecule has 216 valence electrons. The highest BCUT2D eigenvalue weighted by atomic mass is 32.1. The Morgan fingerprint density at radius 3 is 2.52 bits per heavy atom. The number of carboxylic acids is 1. The molecule has 2 fully saturated rings. The van der Waals surface area contributed by atoms with Gasteiger partial charge in [0.25, 0.3) is 0 Å². The van der Waals surface area contributed by atoms with E-state index in [1.165, 1.54) is 16.9 Å². The third-order valence-corrected chi connectivity index (χ3v) is 10.7. The molecule has 1 aromatic carbocycles. The molecule has 1 amide bonds. The first kappa shape index (κ1) is 27.2. The van der Waals surface area contributed by atoms with Gasteiger partial charge in [-0.25, -0.2) is 14.8 Å². The lowest BCUT2D eigenvalue weighted by Gasteiger charge is -2.27. The molecule has 0 unspecified atom stereocenters. The number of aromatic carboxylic acids is 1. The van der Waals surface area contributed by atoms with Crippen LogP contribution < -0.4 is 0 Å². The van der Waals surface area contributed by atoms with Crippen molar-refractivity contribution in [2.75, 3.05) is 26.3 Å². The summed E-state index contributed by atoms with van der Waals surface area (Å²) < 4.78 is 8.55. The second-order valence-electron chi connectivity index (χ2n) is 11.2. The quantitative estimate of drug-likeness (QED) is 0.228. The van der Waals surface area contributed by atoms with E-state index in [1.54, 1.807) is 17.4 Å². The number of hydrogen-bond acceptors (Lipinski definition) is 7. The molecule has 7 rings (SSSR count). The number of aryl methyl sites for hydroxylation is 2. The largest absolute Gasteiger partial charge is 0.477 e. The zero-order valence-electron chi connectivity index (χ0n) is 23.7. The Kier molecular flexibility index (Phi) is 7.08. The summed E-state index contributed by atoms with van der Waals surface area (Å²) in [6.45, 7) is 6.41. The van der Waals surface area contributed by atoms with E-state index >= 15 is 0 Å². The molecule has 42 heavy (non-hydrogen) atoms. The predicted molar refractivity (Wildman–Crippen MR) is 167 cm³/mol. The number of thiazole rings is 1. The van der Waals surface area contributed by atoms with Crippen LogP contribution in [0.3, 0.4) is 0 Å². The van der Waals surface area contributed by atoms with Gasteiger partial charge < -0.3 is 19.3 Å². The van der Waals surface area contributed by atoms with Gasteiger partial charge >= 0.3 is 5.97 Å². The molecular weight excluding hydrogens is 569 g/mol. The number of morpholine rings is 1. The molecule has 0 bridgehead atoms. The van der Waals surface area contributed by atoms with Crippen LogP contribution >= 0.6 is 22.7 Å². The summed E-state index contributed by atoms with van der Waals surface area (Å²) in [5, 5.41) is 11.9. The second kappa shape index (κ2) is 10.9. The summed E-state index contributed by atoms with van der Waals surface area (Å²) in [7, 11) is 0. The summed E-state index contributed by atoms with van der Waals surface area (Å²) in [4.78, 5) is 38.4. The topological polar surface area (TPSA) is 97.5 Å². The molecular formula is C32H32N4O4S2. The third-order valence-electron chi connectivity index (χ3n) is 8.50. The Hall–Kier alpha value is -3.60. The smallest absolute Gasteiger partial charge is 0.345 e. The average molecular weight is 601 g/mol. The van der Waals surface area contributed by atoms with Crippen molar-refractivity contribution in [3.63, 3.8) is 0 Å². The van der Waals surface area contributed by atoms with Crippen LogP contribution in [0.4, 0.5) is 0 Å². The number of ether oxygens (including phenoxy) is 1. The maximum absolute atomic E-state index is 13.6. The lowest BCUT2D eigenvalue weighted by atomic mass is 9.94. The molecule has 0 radical (unpaired) electrons. The summed E-state index contributed by atoms with van der Waals surface area (Å²) in [6, 6.07) is 12.3. The number of carbonyl (C=O) groups is 2. The minimum absolute atomic E-state index is 0.0276. The van der Waals surface area contributed by atoms with Crippen LogP contribution in [0.5, 0.6) is 0 Å². The van der Waals surface area contributed by atoms with Gasteiger partial charge in [-0.2, -0.15) is 0 Å². The van der Waals surface area contributed by atoms with Gasteiger partial charge in [-0.15, -0.1) is 22.7 Å². The number of aromatic nitrogens is 3. The van der Waals surface area contributed by atoms with E-state index in [1.807, 2.05) is 18.7 Å². The molecule has 0 spiro atoms. The summed E-state index contributed by atoms with van der Waals surface area (Å²) in [5.41, 5.74) is 6.90. The number of carboxylic acid groups (broad SMARTS) is 1. The van der Waals surface area contributed by atoms with E-state index in [4.69, 9.17) is 9.72 Å². The Balaban J connectivity index is 1.39. The molecule has 8 nitrogen and oxygen atoms in total. The third kappa shape index (κ3) is 4.81. The highest BCUT2D eigenvalue weighted by Gasteiger charge is 2.31. The van der Waals surface area contributed by atoms with Crippen LogP contribution in [-0.2, 0) is 16.1 Å². The van der Waals surface area contributed by atoms with Crippen LogP contribution in [0.15, 0.2) is 36.4 Å². The van der Waals surface area contributed by atoms with E-state index in [0.29, 0.717) is 37.1 Å². The van der Waals surface area contributed by atoms with Crippen molar-refractivity contribution < 1.29 is 19.4 Å². The number of nitrogens with zero attached hydrogens (tertiary/aromatic N) is 4. The van der Waals surface area contributed by atoms with E-state index < -0.39 is 5.97 Å². The van der Waals surface area contributed by atoms with Crippen LogP contribution in [-0.4, -0.2) is 62.7 Å². The van der Waals surface area contributed by atoms with E-state index in [0.717, 1.165) is 79.3 Å². The fourth-order valence-corrected chi connectivity index (χ4v) is 8.55. The zero-order chi connectivity index (χ0) is 29.0. The number of pyridine rings is 1. The SMILES string of the molecule is Cc1nc(C)c(-c2ccc3cc(-c4c(C5CCCC5)c5sc(C(=O)O)cc5n4CC(=O)N4CCOCC4)ccc3n2)s1. The second-order valence-corrected chi connectivity index (χ2v) is 13.5. The fourth-order valence-electron chi connectivity index (χ4n) is 6.54. The van der Waals surface area contributed by atoms with Gasteiger partial charge in [-0.05, 0) is 68.0 Å². The van der Waals surface area contributed by atoms with Crippen LogP contribution in [0, 0.1) is 13.8 Å². The first-order valence-electron chi connectivity index (χ1n) is 14.5. The molecule has 1 aliphatic carbocycles. The molecule has 1 saturated carbocycles. The zero-order valence-corrected chi connectivity index (χ0v) is 25.3. The van der Waals surface area contributed by atoms with Gasteiger partial charge in [0.15, 0.2) is 0 Å². The highest BCUT2D eigenvalue weighted by Crippen LogP contribution is 2.48. The van der Waals surface area contributed by atoms with Gasteiger partial charge in [0, 0.05) is 18.5 Å². The Morgan fingerprint density at radius 2 is 1.81 bits per heavy atom. The number of thiophene rings is 1. The number of carbonyl (C=O) groups excluding carboxylic acids is 1. The Labute approximate surface area is 251 Å². The van der Waals surface area contributed by atoms with Gasteiger partial charge in [-0.3, -0.25) is 4.79 Å². The maximum atomic E-state index is 13.6. The number of fused-ring (bicyclic) bond motifs is 2. The Morgan fingerprint density at radius 1 is 1.02 bits per heavy atom. The van der Waals surface area contributed by atoms with Crippen molar-refractivity contribution in [1.82, 2.24) is 19.4 Å². The number of amides is 1. The Bertz CT molecular complexity index is 1840. The van der Waals surface area contributed by atoms with Crippen LogP contribution in [0.25, 0.3) is 42.9 Å². The molecule has 0 atom stereocenters. The molecule has 5 heterocycles. The van der Waals surface area contributed by atoms with Crippen molar-refractivity contribution in [1.29, 1.82) is 0 Å². The predicted octanol–water partition coefficient (Wildman–Crippen LogP) is 6.87. The van der Waals surface area contributed by atoms with E-state index in [2.05, 4.69) is 39.9 Å². The summed E-state index contributed by atoms with van der Waals surface area (Å²) >= 11 is 2.99. The summed E-state index contributed by atoms with van der Waals surface area (Å²) in [5.74, 6) is -0.573. The minimum Gasteiger partial charge on any atom is -0.477 e. The van der Waals surface area contributed by atoms with Crippen molar-refractivity contribution in [2.24, 2.45) is 0 Å². The molecule has 5 aromatic rings. The van der Waals surface area contributed by atoms with E-state index in [9.17, 15) is 14.7 Å². The highest BCUT2D eigenvalue weighted by molar-refractivity contribution is 7.21. The van der Waals surface area contributed by atoms with Crippen molar-refractivity contribution in [3.05, 3.63) is 57.5 Å². The van der Waals surface area contributed by atoms with Crippen molar-refractivity contribution >= 4 is 55.7 Å². The monoisotopic (exact) mass is 600 g/mol. The van der Waals surface area contributed by atoms with Crippen molar-refractivity contribution in [2.45, 2.75) is 52.0 Å². The number of rotatable bonds is 6. The van der Waals surface area contributed by atoms with Crippen molar-refractivity contribution in [3.8, 4) is 21.8 Å². The first-order chi connectivity index (χ1) is 20.4. The van der Waals surface area contributed by atoms with E-state index in [-0.39, 0.29) is 12.5 Å². The molecule has 1 N–H and O–H groups in total. The molecule has 1 saturated heterocycles. The number of hydrogen-bond donors (Lipinski definition) is 1. The fraction of sp³-hybridized carbons (Fsp3) is 0.375. The van der Waals surface area contributed by atoms with Gasteiger partial charge in [0.1, 0.15) is 11.4 Å². The lowest BCUT2D eigenvalue weighted by Crippen LogP contribution is -2.42. The maximum Gasteiger partial charge on any atom is 0.345 e. The van der Waals surface area contributed by atoms with Gasteiger partial charge in [0.2, 0.25) is 5.91 Å². The number of benzene rings is 1. The van der Waals surface area contributed by atoms with Crippen LogP contribution in [0.1, 0.15) is 57.5 Å². The van der Waals surface area contributed by atoms with Gasteiger partial charge in [0.05, 0.1) is 55.9 Å². The first-order valence-corrected chi connectivity index (χ1v) is 16.1. The molecule has 4 aromatic heterocycles.